The second kappa shape index (κ2) is 9.38. The van der Waals surface area contributed by atoms with Crippen molar-refractivity contribution in [2.24, 2.45) is 5.16 Å². The van der Waals surface area contributed by atoms with Crippen LogP contribution in [-0.2, 0) is 22.6 Å². The molecular weight excluding hydrogens is 406 g/mol. The van der Waals surface area contributed by atoms with Crippen LogP contribution in [-0.4, -0.2) is 58.2 Å². The highest BCUT2D eigenvalue weighted by atomic mass is 16.7. The van der Waals surface area contributed by atoms with Crippen LogP contribution in [0.25, 0.3) is 0 Å². The molecule has 168 valence electrons. The van der Waals surface area contributed by atoms with Gasteiger partial charge in [0.05, 0.1) is 18.8 Å². The Bertz CT molecular complexity index is 992. The number of aromatic nitrogens is 1. The molecule has 4 rings (SSSR count). The monoisotopic (exact) mass is 435 g/mol. The highest BCUT2D eigenvalue weighted by molar-refractivity contribution is 6.39. The Hall–Kier alpha value is -3.42. The van der Waals surface area contributed by atoms with Gasteiger partial charge in [0.15, 0.2) is 5.60 Å². The average molecular weight is 436 g/mol. The van der Waals surface area contributed by atoms with Crippen molar-refractivity contribution in [3.63, 3.8) is 0 Å². The van der Waals surface area contributed by atoms with Gasteiger partial charge in [-0.3, -0.25) is 9.78 Å². The van der Waals surface area contributed by atoms with E-state index in [0.29, 0.717) is 31.8 Å². The summed E-state index contributed by atoms with van der Waals surface area (Å²) in [6.45, 7) is 3.54. The molecule has 1 saturated heterocycles. The van der Waals surface area contributed by atoms with Gasteiger partial charge in [0.2, 0.25) is 0 Å². The molecule has 2 aliphatic rings. The molecule has 1 spiro atoms. The molecule has 1 atom stereocenters. The van der Waals surface area contributed by atoms with Crippen LogP contribution < -0.4 is 5.32 Å². The van der Waals surface area contributed by atoms with Crippen LogP contribution in [0, 0.1) is 0 Å². The number of amides is 3. The zero-order valence-corrected chi connectivity index (χ0v) is 18.6. The number of nitrogens with one attached hydrogen (secondary N) is 1. The number of carbonyl (C=O) groups is 2. The van der Waals surface area contributed by atoms with Crippen molar-refractivity contribution >= 4 is 23.3 Å². The molecule has 2 aliphatic heterocycles. The summed E-state index contributed by atoms with van der Waals surface area (Å²) in [5.41, 5.74) is 2.55. The van der Waals surface area contributed by atoms with Crippen LogP contribution in [0.5, 0.6) is 0 Å². The summed E-state index contributed by atoms with van der Waals surface area (Å²) in [5, 5.41) is 7.08. The highest BCUT2D eigenvalue weighted by Crippen LogP contribution is 2.34. The molecule has 0 aliphatic carbocycles. The number of hydrogen-bond donors (Lipinski definition) is 1. The second-order valence-electron chi connectivity index (χ2n) is 8.48. The maximum atomic E-state index is 12.9. The number of pyridine rings is 1. The Morgan fingerprint density at radius 2 is 2.03 bits per heavy atom. The van der Waals surface area contributed by atoms with Crippen LogP contribution in [0.2, 0.25) is 0 Å². The minimum atomic E-state index is -0.640. The summed E-state index contributed by atoms with van der Waals surface area (Å²) in [6, 6.07) is 13.3. The maximum Gasteiger partial charge on any atom is 0.321 e. The molecule has 0 bridgehead atoms. The summed E-state index contributed by atoms with van der Waals surface area (Å²) in [4.78, 5) is 39.1. The number of likely N-dealkylation sites (tertiary alicyclic amines) is 1. The number of urea groups is 1. The smallest absolute Gasteiger partial charge is 0.321 e. The molecular formula is C24H29N5O3. The van der Waals surface area contributed by atoms with Gasteiger partial charge in [-0.15, -0.1) is 0 Å². The number of carbonyl (C=O) groups excluding carboxylic acids is 2. The third-order valence-corrected chi connectivity index (χ3v) is 6.00. The summed E-state index contributed by atoms with van der Waals surface area (Å²) in [7, 11) is 1.73. The van der Waals surface area contributed by atoms with Gasteiger partial charge in [-0.2, -0.15) is 0 Å². The van der Waals surface area contributed by atoms with Crippen LogP contribution in [0.3, 0.4) is 0 Å². The molecule has 8 nitrogen and oxygen atoms in total. The van der Waals surface area contributed by atoms with E-state index in [1.807, 2.05) is 42.5 Å². The first-order valence-corrected chi connectivity index (χ1v) is 11.0. The minimum Gasteiger partial charge on any atom is -0.386 e. The number of benzene rings is 1. The van der Waals surface area contributed by atoms with Gasteiger partial charge in [-0.1, -0.05) is 30.3 Å². The standard InChI is InChI=1S/C24H29N5O3/c1-3-18-8-10-19(11-9-18)26-23(31)29-14-6-12-24(17-29)15-21(27-32-24)22(30)28(2)16-20-7-4-5-13-25-20/h4-5,7-11,13H,3,6,12,14-17H2,1-2H3,(H,26,31)/t24-/m1/s1. The first-order chi connectivity index (χ1) is 15.5. The molecule has 1 aromatic carbocycles. The van der Waals surface area contributed by atoms with Crippen LogP contribution in [0.1, 0.15) is 37.4 Å². The summed E-state index contributed by atoms with van der Waals surface area (Å²) in [5.74, 6) is -0.176. The van der Waals surface area contributed by atoms with Crippen molar-refractivity contribution in [2.75, 3.05) is 25.5 Å². The van der Waals surface area contributed by atoms with Crippen molar-refractivity contribution in [2.45, 2.75) is 44.8 Å². The molecule has 2 aromatic rings. The highest BCUT2D eigenvalue weighted by Gasteiger charge is 2.46. The zero-order valence-electron chi connectivity index (χ0n) is 18.6. The number of hydrogen-bond acceptors (Lipinski definition) is 5. The number of aryl methyl sites for hydroxylation is 1. The molecule has 3 amide bonds. The molecule has 1 N–H and O–H groups in total. The Balaban J connectivity index is 1.34. The maximum absolute atomic E-state index is 12.9. The van der Waals surface area contributed by atoms with E-state index >= 15 is 0 Å². The van der Waals surface area contributed by atoms with E-state index in [1.54, 1.807) is 23.0 Å². The first-order valence-electron chi connectivity index (χ1n) is 11.0. The first kappa shape index (κ1) is 21.8. The van der Waals surface area contributed by atoms with E-state index in [0.717, 1.165) is 30.6 Å². The summed E-state index contributed by atoms with van der Waals surface area (Å²) >= 11 is 0. The van der Waals surface area contributed by atoms with Gasteiger partial charge in [0, 0.05) is 31.9 Å². The van der Waals surface area contributed by atoms with Crippen molar-refractivity contribution < 1.29 is 14.4 Å². The second-order valence-corrected chi connectivity index (χ2v) is 8.48. The van der Waals surface area contributed by atoms with E-state index in [9.17, 15) is 9.59 Å². The van der Waals surface area contributed by atoms with Gasteiger partial charge in [0.1, 0.15) is 5.71 Å². The molecule has 1 aromatic heterocycles. The number of rotatable bonds is 5. The fourth-order valence-electron chi connectivity index (χ4n) is 4.18. The van der Waals surface area contributed by atoms with Crippen molar-refractivity contribution in [1.29, 1.82) is 0 Å². The Morgan fingerprint density at radius 3 is 2.75 bits per heavy atom. The Kier molecular flexibility index (Phi) is 6.39. The minimum absolute atomic E-state index is 0.163. The number of piperidine rings is 1. The van der Waals surface area contributed by atoms with Crippen LogP contribution >= 0.6 is 0 Å². The molecule has 0 saturated carbocycles. The van der Waals surface area contributed by atoms with E-state index in [1.165, 1.54) is 5.56 Å². The van der Waals surface area contributed by atoms with Gasteiger partial charge in [-0.25, -0.2) is 4.79 Å². The Morgan fingerprint density at radius 1 is 1.22 bits per heavy atom. The van der Waals surface area contributed by atoms with Crippen molar-refractivity contribution in [3.8, 4) is 0 Å². The summed E-state index contributed by atoms with van der Waals surface area (Å²) < 4.78 is 0. The number of nitrogens with zero attached hydrogens (tertiary/aromatic N) is 4. The fourth-order valence-corrected chi connectivity index (χ4v) is 4.18. The molecule has 8 heteroatoms. The SMILES string of the molecule is CCc1ccc(NC(=O)N2CCC[C@@]3(CC(C(=O)N(C)Cc4ccccn4)=NO3)C2)cc1. The van der Waals surface area contributed by atoms with Gasteiger partial charge in [-0.05, 0) is 49.1 Å². The number of anilines is 1. The van der Waals surface area contributed by atoms with E-state index in [-0.39, 0.29) is 11.9 Å². The topological polar surface area (TPSA) is 87.1 Å². The quantitative estimate of drug-likeness (QED) is 0.779. The van der Waals surface area contributed by atoms with Crippen LogP contribution in [0.4, 0.5) is 10.5 Å². The molecule has 0 radical (unpaired) electrons. The molecule has 1 fully saturated rings. The summed E-state index contributed by atoms with van der Waals surface area (Å²) in [6.07, 6.45) is 4.61. The number of oxime groups is 1. The lowest BCUT2D eigenvalue weighted by Crippen LogP contribution is -2.52. The predicted molar refractivity (Wildman–Crippen MR) is 122 cm³/mol. The van der Waals surface area contributed by atoms with Crippen LogP contribution in [0.15, 0.2) is 53.8 Å². The molecule has 0 unspecified atom stereocenters. The largest absolute Gasteiger partial charge is 0.386 e. The lowest BCUT2D eigenvalue weighted by molar-refractivity contribution is -0.123. The lowest BCUT2D eigenvalue weighted by Gasteiger charge is -2.38. The normalized spacial score (nSPS) is 19.9. The third kappa shape index (κ3) is 4.90. The third-order valence-electron chi connectivity index (χ3n) is 6.00. The Labute approximate surface area is 188 Å². The molecule has 32 heavy (non-hydrogen) atoms. The predicted octanol–water partition coefficient (Wildman–Crippen LogP) is 3.45. The average Bonchev–Trinajstić information content (AvgIpc) is 3.22. The van der Waals surface area contributed by atoms with E-state index in [4.69, 9.17) is 4.84 Å². The van der Waals surface area contributed by atoms with E-state index < -0.39 is 5.60 Å². The van der Waals surface area contributed by atoms with Gasteiger partial charge in [0.25, 0.3) is 5.91 Å². The zero-order chi connectivity index (χ0) is 22.6. The fraction of sp³-hybridized carbons (Fsp3) is 0.417. The van der Waals surface area contributed by atoms with Gasteiger partial charge >= 0.3 is 6.03 Å². The van der Waals surface area contributed by atoms with Crippen molar-refractivity contribution in [3.05, 3.63) is 59.9 Å². The van der Waals surface area contributed by atoms with E-state index in [2.05, 4.69) is 22.4 Å². The lowest BCUT2D eigenvalue weighted by atomic mass is 9.88. The van der Waals surface area contributed by atoms with Crippen molar-refractivity contribution in [1.82, 2.24) is 14.8 Å². The molecule has 3 heterocycles. The van der Waals surface area contributed by atoms with Gasteiger partial charge < -0.3 is 20.0 Å².